The zero-order valence-corrected chi connectivity index (χ0v) is 13.4. The van der Waals surface area contributed by atoms with Gasteiger partial charge < -0.3 is 15.2 Å². The molecule has 3 aliphatic rings. The number of nitrogens with one attached hydrogen (secondary N) is 1. The minimum absolute atomic E-state index is 0.0251. The fraction of sp³-hybridized carbons (Fsp3) is 0.389. The Bertz CT molecular complexity index is 774. The molecule has 2 bridgehead atoms. The summed E-state index contributed by atoms with van der Waals surface area (Å²) in [5.74, 6) is -2.54. The van der Waals surface area contributed by atoms with E-state index >= 15 is 0 Å². The number of aliphatic carboxylic acids is 1. The van der Waals surface area contributed by atoms with Crippen LogP contribution < -0.4 is 10.2 Å². The van der Waals surface area contributed by atoms with Crippen molar-refractivity contribution in [3.8, 4) is 0 Å². The normalized spacial score (nSPS) is 29.8. The van der Waals surface area contributed by atoms with Gasteiger partial charge in [-0.1, -0.05) is 18.2 Å². The van der Waals surface area contributed by atoms with Gasteiger partial charge in [0.25, 0.3) is 0 Å². The average molecular weight is 342 g/mol. The van der Waals surface area contributed by atoms with Crippen LogP contribution in [-0.2, 0) is 14.3 Å². The van der Waals surface area contributed by atoms with E-state index in [-0.39, 0.29) is 17.7 Å². The molecule has 130 valence electrons. The van der Waals surface area contributed by atoms with Gasteiger partial charge >= 0.3 is 12.1 Å². The van der Waals surface area contributed by atoms with Gasteiger partial charge in [-0.25, -0.2) is 4.79 Å². The van der Waals surface area contributed by atoms with Crippen molar-refractivity contribution in [3.05, 3.63) is 36.4 Å². The number of amides is 2. The molecule has 1 aromatic rings. The van der Waals surface area contributed by atoms with E-state index in [9.17, 15) is 19.5 Å². The Kier molecular flexibility index (Phi) is 3.71. The van der Waals surface area contributed by atoms with Crippen molar-refractivity contribution < 1.29 is 24.2 Å². The first-order chi connectivity index (χ1) is 12.0. The molecule has 2 N–H and O–H groups in total. The molecule has 7 nitrogen and oxygen atoms in total. The largest absolute Gasteiger partial charge is 0.481 e. The lowest BCUT2D eigenvalue weighted by molar-refractivity contribution is -0.146. The minimum Gasteiger partial charge on any atom is -0.481 e. The molecule has 0 unspecified atom stereocenters. The molecule has 0 aromatic heterocycles. The number of nitrogens with zero attached hydrogens (tertiary/aromatic N) is 1. The highest BCUT2D eigenvalue weighted by atomic mass is 16.6. The van der Waals surface area contributed by atoms with Gasteiger partial charge in [-0.05, 0) is 36.5 Å². The number of anilines is 2. The number of hydrogen-bond donors (Lipinski definition) is 2. The first kappa shape index (κ1) is 15.7. The summed E-state index contributed by atoms with van der Waals surface area (Å²) in [5, 5.41) is 12.3. The van der Waals surface area contributed by atoms with Gasteiger partial charge in [0.15, 0.2) is 0 Å². The Hall–Kier alpha value is -2.83. The van der Waals surface area contributed by atoms with E-state index in [0.29, 0.717) is 30.9 Å². The Labute approximate surface area is 144 Å². The molecule has 4 rings (SSSR count). The maximum absolute atomic E-state index is 12.7. The lowest BCUT2D eigenvalue weighted by Gasteiger charge is -2.24. The SMILES string of the molecule is O=C(Nc1cccc(N2CCOC2=O)c1)[C@@H]1[C@H](C(=O)O)[C@H]2C=C[C@H]1C2. The van der Waals surface area contributed by atoms with Crippen LogP contribution in [0.5, 0.6) is 0 Å². The smallest absolute Gasteiger partial charge is 0.414 e. The zero-order valence-electron chi connectivity index (χ0n) is 13.4. The molecule has 1 saturated carbocycles. The van der Waals surface area contributed by atoms with Crippen molar-refractivity contribution >= 4 is 29.3 Å². The van der Waals surface area contributed by atoms with Gasteiger partial charge in [0.05, 0.1) is 18.4 Å². The molecule has 1 heterocycles. The van der Waals surface area contributed by atoms with E-state index in [2.05, 4.69) is 5.32 Å². The van der Waals surface area contributed by atoms with Gasteiger partial charge in [0.1, 0.15) is 6.61 Å². The van der Waals surface area contributed by atoms with Crippen molar-refractivity contribution in [2.75, 3.05) is 23.4 Å². The van der Waals surface area contributed by atoms with Crippen molar-refractivity contribution in [2.45, 2.75) is 6.42 Å². The van der Waals surface area contributed by atoms with E-state index in [4.69, 9.17) is 4.74 Å². The molecule has 0 radical (unpaired) electrons. The molecule has 2 aliphatic carbocycles. The van der Waals surface area contributed by atoms with Crippen LogP contribution in [0.2, 0.25) is 0 Å². The topological polar surface area (TPSA) is 95.9 Å². The lowest BCUT2D eigenvalue weighted by atomic mass is 9.82. The third-order valence-electron chi connectivity index (χ3n) is 5.23. The molecule has 1 saturated heterocycles. The van der Waals surface area contributed by atoms with Crippen molar-refractivity contribution in [1.82, 2.24) is 0 Å². The number of hydrogen-bond acceptors (Lipinski definition) is 4. The van der Waals surface area contributed by atoms with Crippen LogP contribution >= 0.6 is 0 Å². The van der Waals surface area contributed by atoms with Crippen LogP contribution in [0, 0.1) is 23.7 Å². The highest BCUT2D eigenvalue weighted by Crippen LogP contribution is 2.48. The number of fused-ring (bicyclic) bond motifs is 2. The molecule has 2 amide bonds. The number of carbonyl (C=O) groups excluding carboxylic acids is 2. The molecule has 25 heavy (non-hydrogen) atoms. The Morgan fingerprint density at radius 1 is 1.20 bits per heavy atom. The summed E-state index contributed by atoms with van der Waals surface area (Å²) in [7, 11) is 0. The minimum atomic E-state index is -0.925. The third kappa shape index (κ3) is 2.65. The lowest BCUT2D eigenvalue weighted by Crippen LogP contribution is -2.36. The van der Waals surface area contributed by atoms with Crippen LogP contribution in [0.25, 0.3) is 0 Å². The van der Waals surface area contributed by atoms with Gasteiger partial charge in [0.2, 0.25) is 5.91 Å². The van der Waals surface area contributed by atoms with Gasteiger partial charge in [-0.3, -0.25) is 14.5 Å². The molecule has 4 atom stereocenters. The van der Waals surface area contributed by atoms with Gasteiger partial charge in [0, 0.05) is 11.4 Å². The number of cyclic esters (lactones) is 1. The molecule has 7 heteroatoms. The number of benzene rings is 1. The maximum atomic E-state index is 12.7. The highest BCUT2D eigenvalue weighted by Gasteiger charge is 2.51. The fourth-order valence-electron chi connectivity index (χ4n) is 4.12. The quantitative estimate of drug-likeness (QED) is 0.817. The Morgan fingerprint density at radius 3 is 2.64 bits per heavy atom. The van der Waals surface area contributed by atoms with E-state index in [1.807, 2.05) is 12.2 Å². The molecular weight excluding hydrogens is 324 g/mol. The molecule has 1 aliphatic heterocycles. The predicted octanol–water partition coefficient (Wildman–Crippen LogP) is 2.10. The molecule has 1 aromatic carbocycles. The summed E-state index contributed by atoms with van der Waals surface area (Å²) in [6.45, 7) is 0.807. The summed E-state index contributed by atoms with van der Waals surface area (Å²) in [4.78, 5) is 37.4. The van der Waals surface area contributed by atoms with E-state index in [1.165, 1.54) is 4.90 Å². The van der Waals surface area contributed by atoms with Crippen LogP contribution in [0.4, 0.5) is 16.2 Å². The zero-order chi connectivity index (χ0) is 17.6. The molecule has 2 fully saturated rings. The van der Waals surface area contributed by atoms with Crippen LogP contribution in [-0.4, -0.2) is 36.2 Å². The van der Waals surface area contributed by atoms with Crippen molar-refractivity contribution in [1.29, 1.82) is 0 Å². The Morgan fingerprint density at radius 2 is 1.96 bits per heavy atom. The highest BCUT2D eigenvalue weighted by molar-refractivity contribution is 5.97. The first-order valence-corrected chi connectivity index (χ1v) is 8.31. The van der Waals surface area contributed by atoms with Gasteiger partial charge in [-0.15, -0.1) is 0 Å². The standard InChI is InChI=1S/C18H18N2O5/c21-16(14-10-4-5-11(8-10)15(14)17(22)23)19-12-2-1-3-13(9-12)20-6-7-25-18(20)24/h1-5,9-11,14-15H,6-8H2,(H,19,21)(H,22,23)/t10-,11-,14-,15+/m0/s1. The molecular formula is C18H18N2O5. The van der Waals surface area contributed by atoms with E-state index in [1.54, 1.807) is 24.3 Å². The van der Waals surface area contributed by atoms with E-state index in [0.717, 1.165) is 0 Å². The van der Waals surface area contributed by atoms with Crippen LogP contribution in [0.15, 0.2) is 36.4 Å². The predicted molar refractivity (Wildman–Crippen MR) is 89.1 cm³/mol. The summed E-state index contributed by atoms with van der Waals surface area (Å²) in [6.07, 6.45) is 4.17. The number of rotatable bonds is 4. The van der Waals surface area contributed by atoms with Crippen LogP contribution in [0.3, 0.4) is 0 Å². The average Bonchev–Trinajstić information content (AvgIpc) is 3.29. The second-order valence-corrected chi connectivity index (χ2v) is 6.64. The van der Waals surface area contributed by atoms with Crippen molar-refractivity contribution in [2.24, 2.45) is 23.7 Å². The number of carbonyl (C=O) groups is 3. The monoisotopic (exact) mass is 342 g/mol. The number of allylic oxidation sites excluding steroid dienone is 2. The summed E-state index contributed by atoms with van der Waals surface area (Å²) >= 11 is 0. The van der Waals surface area contributed by atoms with Crippen molar-refractivity contribution in [3.63, 3.8) is 0 Å². The third-order valence-corrected chi connectivity index (χ3v) is 5.23. The van der Waals surface area contributed by atoms with E-state index < -0.39 is 23.9 Å². The maximum Gasteiger partial charge on any atom is 0.414 e. The van der Waals surface area contributed by atoms with Gasteiger partial charge in [-0.2, -0.15) is 0 Å². The number of carboxylic acid groups (broad SMARTS) is 1. The molecule has 0 spiro atoms. The second kappa shape index (κ2) is 5.91. The summed E-state index contributed by atoms with van der Waals surface area (Å²) in [6, 6.07) is 6.93. The fourth-order valence-corrected chi connectivity index (χ4v) is 4.12. The Balaban J connectivity index is 1.52. The number of ether oxygens (including phenoxy) is 1. The van der Waals surface area contributed by atoms with Crippen LogP contribution in [0.1, 0.15) is 6.42 Å². The second-order valence-electron chi connectivity index (χ2n) is 6.64. The summed E-state index contributed by atoms with van der Waals surface area (Å²) < 4.78 is 4.92. The summed E-state index contributed by atoms with van der Waals surface area (Å²) in [5.41, 5.74) is 1.18. The number of carboxylic acids is 1. The first-order valence-electron chi connectivity index (χ1n) is 8.31.